The van der Waals surface area contributed by atoms with Crippen LogP contribution in [-0.4, -0.2) is 40.7 Å². The molecule has 5 heteroatoms. The molecule has 0 aliphatic carbocycles. The smallest absolute Gasteiger partial charge is 0.246 e. The third-order valence-corrected chi connectivity index (χ3v) is 4.60. The predicted octanol–water partition coefficient (Wildman–Crippen LogP) is 2.26. The van der Waals surface area contributed by atoms with Crippen LogP contribution in [0, 0.1) is 6.92 Å². The lowest BCUT2D eigenvalue weighted by atomic mass is 10.0. The molecule has 0 saturated carbocycles. The van der Waals surface area contributed by atoms with Gasteiger partial charge in [-0.3, -0.25) is 9.59 Å². The highest BCUT2D eigenvalue weighted by Gasteiger charge is 2.39. The summed E-state index contributed by atoms with van der Waals surface area (Å²) in [4.78, 5) is 28.7. The van der Waals surface area contributed by atoms with Crippen LogP contribution >= 0.6 is 0 Å². The number of nitrogens with zero attached hydrogens (tertiary/aromatic N) is 2. The standard InChI is InChI=1S/C16H22N2O3/c1-11-6-7-14(21-11)12(2)17-10-8-15(19)18-9-4-3-5-13(18)16(17)20/h6-7,12-13H,3-5,8-10H2,1-2H3. The molecule has 0 bridgehead atoms. The molecular formula is C16H22N2O3. The van der Waals surface area contributed by atoms with Crippen molar-refractivity contribution in [2.45, 2.75) is 51.6 Å². The average Bonchev–Trinajstić information content (AvgIpc) is 2.88. The number of amides is 2. The molecule has 3 rings (SSSR count). The molecule has 21 heavy (non-hydrogen) atoms. The van der Waals surface area contributed by atoms with Crippen molar-refractivity contribution in [3.63, 3.8) is 0 Å². The van der Waals surface area contributed by atoms with Crippen molar-refractivity contribution in [1.82, 2.24) is 9.80 Å². The first kappa shape index (κ1) is 14.2. The highest BCUT2D eigenvalue weighted by atomic mass is 16.3. The highest BCUT2D eigenvalue weighted by molar-refractivity contribution is 5.90. The molecule has 114 valence electrons. The molecule has 3 heterocycles. The normalized spacial score (nSPS) is 24.8. The van der Waals surface area contributed by atoms with Gasteiger partial charge >= 0.3 is 0 Å². The number of aryl methyl sites for hydroxylation is 1. The molecule has 2 aliphatic heterocycles. The van der Waals surface area contributed by atoms with E-state index in [0.29, 0.717) is 13.0 Å². The maximum absolute atomic E-state index is 12.8. The number of furan rings is 1. The second-order valence-corrected chi connectivity index (χ2v) is 6.00. The SMILES string of the molecule is Cc1ccc(C(C)N2CCC(=O)N3CCCCC3C2=O)o1. The van der Waals surface area contributed by atoms with E-state index in [1.165, 1.54) is 0 Å². The first-order chi connectivity index (χ1) is 10.1. The number of hydrogen-bond acceptors (Lipinski definition) is 3. The Balaban J connectivity index is 1.85. The van der Waals surface area contributed by atoms with Gasteiger partial charge in [-0.25, -0.2) is 0 Å². The van der Waals surface area contributed by atoms with Gasteiger partial charge < -0.3 is 14.2 Å². The molecule has 2 aliphatic rings. The Hall–Kier alpha value is -1.78. The van der Waals surface area contributed by atoms with Crippen molar-refractivity contribution < 1.29 is 14.0 Å². The molecule has 1 aromatic heterocycles. The van der Waals surface area contributed by atoms with Crippen LogP contribution in [-0.2, 0) is 9.59 Å². The van der Waals surface area contributed by atoms with E-state index in [4.69, 9.17) is 4.42 Å². The lowest BCUT2D eigenvalue weighted by Crippen LogP contribution is -2.50. The van der Waals surface area contributed by atoms with Gasteiger partial charge in [-0.2, -0.15) is 0 Å². The molecule has 5 nitrogen and oxygen atoms in total. The van der Waals surface area contributed by atoms with E-state index >= 15 is 0 Å². The fraction of sp³-hybridized carbons (Fsp3) is 0.625. The quantitative estimate of drug-likeness (QED) is 0.839. The van der Waals surface area contributed by atoms with E-state index in [1.807, 2.05) is 30.9 Å². The average molecular weight is 290 g/mol. The summed E-state index contributed by atoms with van der Waals surface area (Å²) in [6.45, 7) is 5.06. The highest BCUT2D eigenvalue weighted by Crippen LogP contribution is 2.29. The lowest BCUT2D eigenvalue weighted by Gasteiger charge is -2.35. The molecule has 2 unspecified atom stereocenters. The molecule has 2 saturated heterocycles. The summed E-state index contributed by atoms with van der Waals surface area (Å²) in [6, 6.07) is 3.43. The second kappa shape index (κ2) is 5.54. The maximum atomic E-state index is 12.8. The number of piperidine rings is 1. The van der Waals surface area contributed by atoms with Gasteiger partial charge in [0.1, 0.15) is 17.6 Å². The number of carbonyl (C=O) groups is 2. The van der Waals surface area contributed by atoms with Crippen molar-refractivity contribution in [1.29, 1.82) is 0 Å². The van der Waals surface area contributed by atoms with Gasteiger partial charge in [0.2, 0.25) is 11.8 Å². The molecule has 0 spiro atoms. The van der Waals surface area contributed by atoms with Crippen LogP contribution in [0.5, 0.6) is 0 Å². The number of fused-ring (bicyclic) bond motifs is 1. The molecular weight excluding hydrogens is 268 g/mol. The predicted molar refractivity (Wildman–Crippen MR) is 77.5 cm³/mol. The zero-order chi connectivity index (χ0) is 15.0. The third-order valence-electron chi connectivity index (χ3n) is 4.60. The number of hydrogen-bond donors (Lipinski definition) is 0. The molecule has 0 aromatic carbocycles. The zero-order valence-electron chi connectivity index (χ0n) is 12.7. The second-order valence-electron chi connectivity index (χ2n) is 6.00. The molecule has 2 atom stereocenters. The van der Waals surface area contributed by atoms with Crippen LogP contribution in [0.2, 0.25) is 0 Å². The summed E-state index contributed by atoms with van der Waals surface area (Å²) in [5.74, 6) is 1.81. The van der Waals surface area contributed by atoms with Crippen LogP contribution in [0.1, 0.15) is 50.2 Å². The number of rotatable bonds is 2. The maximum Gasteiger partial charge on any atom is 0.246 e. The van der Waals surface area contributed by atoms with Crippen molar-refractivity contribution >= 4 is 11.8 Å². The Morgan fingerprint density at radius 1 is 1.24 bits per heavy atom. The van der Waals surface area contributed by atoms with Crippen molar-refractivity contribution in [2.75, 3.05) is 13.1 Å². The summed E-state index contributed by atoms with van der Waals surface area (Å²) in [7, 11) is 0. The topological polar surface area (TPSA) is 53.8 Å². The van der Waals surface area contributed by atoms with Crippen LogP contribution in [0.4, 0.5) is 0 Å². The van der Waals surface area contributed by atoms with Crippen LogP contribution in [0.3, 0.4) is 0 Å². The fourth-order valence-corrected chi connectivity index (χ4v) is 3.36. The molecule has 2 fully saturated rings. The van der Waals surface area contributed by atoms with E-state index in [0.717, 1.165) is 37.3 Å². The van der Waals surface area contributed by atoms with E-state index in [-0.39, 0.29) is 23.9 Å². The zero-order valence-corrected chi connectivity index (χ0v) is 12.7. The third kappa shape index (κ3) is 2.57. The van der Waals surface area contributed by atoms with E-state index in [1.54, 1.807) is 4.90 Å². The lowest BCUT2D eigenvalue weighted by molar-refractivity contribution is -0.144. The van der Waals surface area contributed by atoms with Crippen LogP contribution in [0.15, 0.2) is 16.5 Å². The van der Waals surface area contributed by atoms with Crippen molar-refractivity contribution in [3.05, 3.63) is 23.7 Å². The summed E-state index contributed by atoms with van der Waals surface area (Å²) in [6.07, 6.45) is 3.21. The Morgan fingerprint density at radius 2 is 2.05 bits per heavy atom. The minimum Gasteiger partial charge on any atom is -0.464 e. The summed E-state index contributed by atoms with van der Waals surface area (Å²) < 4.78 is 5.66. The summed E-state index contributed by atoms with van der Waals surface area (Å²) >= 11 is 0. The van der Waals surface area contributed by atoms with Crippen molar-refractivity contribution in [2.24, 2.45) is 0 Å². The van der Waals surface area contributed by atoms with Gasteiger partial charge in [-0.15, -0.1) is 0 Å². The van der Waals surface area contributed by atoms with E-state index < -0.39 is 0 Å². The Labute approximate surface area is 124 Å². The first-order valence-corrected chi connectivity index (χ1v) is 7.74. The summed E-state index contributed by atoms with van der Waals surface area (Å²) in [5, 5.41) is 0. The van der Waals surface area contributed by atoms with Crippen LogP contribution < -0.4 is 0 Å². The Kier molecular flexibility index (Phi) is 3.74. The largest absolute Gasteiger partial charge is 0.464 e. The van der Waals surface area contributed by atoms with Crippen molar-refractivity contribution in [3.8, 4) is 0 Å². The molecule has 1 aromatic rings. The molecule has 2 amide bonds. The molecule has 0 N–H and O–H groups in total. The fourth-order valence-electron chi connectivity index (χ4n) is 3.36. The van der Waals surface area contributed by atoms with E-state index in [9.17, 15) is 9.59 Å². The number of carbonyl (C=O) groups excluding carboxylic acids is 2. The monoisotopic (exact) mass is 290 g/mol. The summed E-state index contributed by atoms with van der Waals surface area (Å²) in [5.41, 5.74) is 0. The van der Waals surface area contributed by atoms with Crippen LogP contribution in [0.25, 0.3) is 0 Å². The van der Waals surface area contributed by atoms with Gasteiger partial charge in [0, 0.05) is 19.5 Å². The van der Waals surface area contributed by atoms with E-state index in [2.05, 4.69) is 0 Å². The van der Waals surface area contributed by atoms with Gasteiger partial charge in [0.05, 0.1) is 6.04 Å². The minimum absolute atomic E-state index is 0.0714. The van der Waals surface area contributed by atoms with Gasteiger partial charge in [0.25, 0.3) is 0 Å². The van der Waals surface area contributed by atoms with Gasteiger partial charge in [-0.1, -0.05) is 0 Å². The van der Waals surface area contributed by atoms with Gasteiger partial charge in [-0.05, 0) is 45.2 Å². The Morgan fingerprint density at radius 3 is 2.76 bits per heavy atom. The van der Waals surface area contributed by atoms with Gasteiger partial charge in [0.15, 0.2) is 0 Å². The first-order valence-electron chi connectivity index (χ1n) is 7.74. The molecule has 0 radical (unpaired) electrons. The minimum atomic E-state index is -0.271. The Bertz CT molecular complexity index is 551.